The number of likely N-dealkylation sites (tertiary alicyclic amines) is 1. The highest BCUT2D eigenvalue weighted by Gasteiger charge is 2.55. The van der Waals surface area contributed by atoms with Crippen molar-refractivity contribution >= 4 is 17.8 Å². The van der Waals surface area contributed by atoms with Gasteiger partial charge in [0.25, 0.3) is 5.91 Å². The van der Waals surface area contributed by atoms with Crippen molar-refractivity contribution < 1.29 is 14.4 Å². The van der Waals surface area contributed by atoms with Gasteiger partial charge in [-0.3, -0.25) is 19.4 Å². The Bertz CT molecular complexity index is 800. The Morgan fingerprint density at radius 2 is 1.67 bits per heavy atom. The molecule has 4 rings (SSSR count). The number of imide groups is 1. The molecule has 3 aliphatic rings. The number of likely N-dealkylation sites (N-methyl/N-ethyl adjacent to an activating group) is 3. The first-order valence-corrected chi connectivity index (χ1v) is 9.47. The third-order valence-corrected chi connectivity index (χ3v) is 6.59. The molecule has 1 aromatic rings. The van der Waals surface area contributed by atoms with E-state index in [9.17, 15) is 14.4 Å². The SMILES string of the molecule is CN1C(=O)N(C)C2(CCN(C(=O)[C@@H]3Cc4ccccc4CN3C)CC2)C1=O. The van der Waals surface area contributed by atoms with Crippen molar-refractivity contribution in [2.75, 3.05) is 34.2 Å². The normalized spacial score (nSPS) is 25.3. The number of carbonyl (C=O) groups is 3. The number of nitrogens with zero attached hydrogens (tertiary/aromatic N) is 4. The standard InChI is InChI=1S/C20H26N4O3/c1-21-13-15-7-5-4-6-14(15)12-16(21)17(25)24-10-8-20(9-11-24)18(26)22(2)19(27)23(20)3/h4-7,16H,8-13H2,1-3H3/t16-/m0/s1. The zero-order valence-electron chi connectivity index (χ0n) is 16.1. The number of fused-ring (bicyclic) bond motifs is 1. The first-order valence-electron chi connectivity index (χ1n) is 9.47. The summed E-state index contributed by atoms with van der Waals surface area (Å²) in [5, 5.41) is 0. The molecule has 1 atom stereocenters. The topological polar surface area (TPSA) is 64.2 Å². The lowest BCUT2D eigenvalue weighted by molar-refractivity contribution is -0.143. The highest BCUT2D eigenvalue weighted by Crippen LogP contribution is 2.36. The Kier molecular flexibility index (Phi) is 4.22. The van der Waals surface area contributed by atoms with Gasteiger partial charge in [-0.15, -0.1) is 0 Å². The molecule has 0 radical (unpaired) electrons. The molecule has 2 saturated heterocycles. The predicted molar refractivity (Wildman–Crippen MR) is 99.9 cm³/mol. The smallest absolute Gasteiger partial charge is 0.327 e. The fourth-order valence-corrected chi connectivity index (χ4v) is 4.74. The first kappa shape index (κ1) is 18.0. The maximum absolute atomic E-state index is 13.2. The summed E-state index contributed by atoms with van der Waals surface area (Å²) in [7, 11) is 5.21. The molecule has 0 saturated carbocycles. The summed E-state index contributed by atoms with van der Waals surface area (Å²) in [5.74, 6) is -0.0274. The van der Waals surface area contributed by atoms with Crippen LogP contribution < -0.4 is 0 Å². The van der Waals surface area contributed by atoms with E-state index < -0.39 is 5.54 Å². The van der Waals surface area contributed by atoms with Gasteiger partial charge in [-0.2, -0.15) is 0 Å². The average molecular weight is 370 g/mol. The second kappa shape index (κ2) is 6.34. The molecule has 0 unspecified atom stereocenters. The van der Waals surface area contributed by atoms with Crippen LogP contribution in [0.3, 0.4) is 0 Å². The summed E-state index contributed by atoms with van der Waals surface area (Å²) in [5.41, 5.74) is 1.73. The number of hydrogen-bond acceptors (Lipinski definition) is 4. The van der Waals surface area contributed by atoms with Crippen LogP contribution in [0.4, 0.5) is 4.79 Å². The molecule has 144 valence electrons. The van der Waals surface area contributed by atoms with Crippen molar-refractivity contribution in [1.82, 2.24) is 19.6 Å². The highest BCUT2D eigenvalue weighted by atomic mass is 16.2. The van der Waals surface area contributed by atoms with Crippen LogP contribution in [0.25, 0.3) is 0 Å². The molecule has 7 heteroatoms. The number of rotatable bonds is 1. The summed E-state index contributed by atoms with van der Waals surface area (Å²) in [6.07, 6.45) is 1.71. The molecule has 3 aliphatic heterocycles. The van der Waals surface area contributed by atoms with Crippen molar-refractivity contribution in [2.45, 2.75) is 37.4 Å². The fourth-order valence-electron chi connectivity index (χ4n) is 4.74. The van der Waals surface area contributed by atoms with Gasteiger partial charge in [-0.05, 0) is 37.4 Å². The third-order valence-electron chi connectivity index (χ3n) is 6.59. The van der Waals surface area contributed by atoms with Crippen molar-refractivity contribution in [3.63, 3.8) is 0 Å². The van der Waals surface area contributed by atoms with Crippen LogP contribution in [0.15, 0.2) is 24.3 Å². The minimum atomic E-state index is -0.784. The van der Waals surface area contributed by atoms with Gasteiger partial charge in [0.1, 0.15) is 5.54 Å². The van der Waals surface area contributed by atoms with Crippen LogP contribution in [-0.4, -0.2) is 83.3 Å². The number of piperidine rings is 1. The Labute approximate surface area is 159 Å². The van der Waals surface area contributed by atoms with E-state index in [1.54, 1.807) is 11.9 Å². The van der Waals surface area contributed by atoms with E-state index in [-0.39, 0.29) is 23.9 Å². The minimum absolute atomic E-state index is 0.120. The second-order valence-corrected chi connectivity index (χ2v) is 7.97. The quantitative estimate of drug-likeness (QED) is 0.690. The summed E-state index contributed by atoms with van der Waals surface area (Å²) >= 11 is 0. The number of amides is 4. The lowest BCUT2D eigenvalue weighted by atomic mass is 9.85. The largest absolute Gasteiger partial charge is 0.341 e. The van der Waals surface area contributed by atoms with Gasteiger partial charge in [-0.25, -0.2) is 4.79 Å². The number of hydrogen-bond donors (Lipinski definition) is 0. The number of benzene rings is 1. The Balaban J connectivity index is 1.47. The molecule has 3 heterocycles. The van der Waals surface area contributed by atoms with Gasteiger partial charge in [0.05, 0.1) is 6.04 Å². The summed E-state index contributed by atoms with van der Waals surface area (Å²) in [6.45, 7) is 1.77. The van der Waals surface area contributed by atoms with Crippen LogP contribution in [-0.2, 0) is 22.6 Å². The van der Waals surface area contributed by atoms with Crippen molar-refractivity contribution in [3.8, 4) is 0 Å². The molecular weight excluding hydrogens is 344 g/mol. The zero-order chi connectivity index (χ0) is 19.3. The molecule has 7 nitrogen and oxygen atoms in total. The Morgan fingerprint density at radius 3 is 2.26 bits per heavy atom. The molecule has 27 heavy (non-hydrogen) atoms. The van der Waals surface area contributed by atoms with Crippen LogP contribution in [0.1, 0.15) is 24.0 Å². The Morgan fingerprint density at radius 1 is 1.04 bits per heavy atom. The van der Waals surface area contributed by atoms with Crippen molar-refractivity contribution in [2.24, 2.45) is 0 Å². The molecule has 4 amide bonds. The van der Waals surface area contributed by atoms with E-state index in [0.29, 0.717) is 32.4 Å². The van der Waals surface area contributed by atoms with Gasteiger partial charge >= 0.3 is 6.03 Å². The zero-order valence-corrected chi connectivity index (χ0v) is 16.1. The average Bonchev–Trinajstić information content (AvgIpc) is 2.84. The molecule has 1 aromatic carbocycles. The lowest BCUT2D eigenvalue weighted by Crippen LogP contribution is -2.59. The molecule has 0 aromatic heterocycles. The predicted octanol–water partition coefficient (Wildman–Crippen LogP) is 0.928. The van der Waals surface area contributed by atoms with E-state index >= 15 is 0 Å². The maximum Gasteiger partial charge on any atom is 0.327 e. The maximum atomic E-state index is 13.2. The van der Waals surface area contributed by atoms with Gasteiger partial charge in [0.15, 0.2) is 0 Å². The van der Waals surface area contributed by atoms with Crippen LogP contribution in [0.2, 0.25) is 0 Å². The molecular formula is C20H26N4O3. The fraction of sp³-hybridized carbons (Fsp3) is 0.550. The van der Waals surface area contributed by atoms with Gasteiger partial charge < -0.3 is 9.80 Å². The molecule has 0 bridgehead atoms. The van der Waals surface area contributed by atoms with E-state index in [2.05, 4.69) is 17.0 Å². The lowest BCUT2D eigenvalue weighted by Gasteiger charge is -2.43. The van der Waals surface area contributed by atoms with Gasteiger partial charge in [0, 0.05) is 33.7 Å². The second-order valence-electron chi connectivity index (χ2n) is 7.97. The minimum Gasteiger partial charge on any atom is -0.341 e. The van der Waals surface area contributed by atoms with Crippen LogP contribution in [0.5, 0.6) is 0 Å². The number of urea groups is 1. The summed E-state index contributed by atoms with van der Waals surface area (Å²) in [4.78, 5) is 44.7. The monoisotopic (exact) mass is 370 g/mol. The van der Waals surface area contributed by atoms with Gasteiger partial charge in [0.2, 0.25) is 5.91 Å². The van der Waals surface area contributed by atoms with E-state index in [4.69, 9.17) is 0 Å². The first-order chi connectivity index (χ1) is 12.8. The molecule has 2 fully saturated rings. The van der Waals surface area contributed by atoms with E-state index in [0.717, 1.165) is 6.54 Å². The number of carbonyl (C=O) groups excluding carboxylic acids is 3. The molecule has 0 aliphatic carbocycles. The van der Waals surface area contributed by atoms with E-state index in [1.165, 1.54) is 23.1 Å². The van der Waals surface area contributed by atoms with Crippen LogP contribution in [0, 0.1) is 0 Å². The molecule has 1 spiro atoms. The molecule has 0 N–H and O–H groups in total. The summed E-state index contributed by atoms with van der Waals surface area (Å²) < 4.78 is 0. The van der Waals surface area contributed by atoms with Gasteiger partial charge in [-0.1, -0.05) is 24.3 Å². The van der Waals surface area contributed by atoms with Crippen molar-refractivity contribution in [3.05, 3.63) is 35.4 Å². The highest BCUT2D eigenvalue weighted by molar-refractivity contribution is 6.06. The van der Waals surface area contributed by atoms with Crippen molar-refractivity contribution in [1.29, 1.82) is 0 Å². The Hall–Kier alpha value is -2.41. The van der Waals surface area contributed by atoms with E-state index in [1.807, 2.05) is 24.1 Å². The third kappa shape index (κ3) is 2.64. The van der Waals surface area contributed by atoms with Crippen LogP contribution >= 0.6 is 0 Å². The summed E-state index contributed by atoms with van der Waals surface area (Å²) in [6, 6.07) is 7.84.